The minimum Gasteiger partial charge on any atom is -0.256 e. The van der Waals surface area contributed by atoms with E-state index < -0.39 is 0 Å². The number of benzene rings is 1. The highest BCUT2D eigenvalue weighted by atomic mass is 32.1. The van der Waals surface area contributed by atoms with E-state index in [1.54, 1.807) is 0 Å². The van der Waals surface area contributed by atoms with E-state index in [-0.39, 0.29) is 0 Å². The molecule has 0 bridgehead atoms. The monoisotopic (exact) mass is 403 g/mol. The molecule has 3 heteroatoms. The van der Waals surface area contributed by atoms with Gasteiger partial charge in [-0.15, -0.1) is 22.7 Å². The zero-order valence-electron chi connectivity index (χ0n) is 16.2. The van der Waals surface area contributed by atoms with Gasteiger partial charge in [-0.2, -0.15) is 0 Å². The highest BCUT2D eigenvalue weighted by Gasteiger charge is 2.09. The zero-order valence-corrected chi connectivity index (χ0v) is 17.9. The highest BCUT2D eigenvalue weighted by molar-refractivity contribution is 7.23. The molecule has 0 atom stereocenters. The molecule has 0 N–H and O–H groups in total. The van der Waals surface area contributed by atoms with Crippen LogP contribution in [-0.4, -0.2) is 4.98 Å². The van der Waals surface area contributed by atoms with Crippen LogP contribution in [0.3, 0.4) is 0 Å². The van der Waals surface area contributed by atoms with Crippen LogP contribution in [-0.2, 0) is 6.42 Å². The molecule has 0 saturated carbocycles. The Labute approximate surface area is 175 Å². The van der Waals surface area contributed by atoms with E-state index in [9.17, 15) is 0 Å². The summed E-state index contributed by atoms with van der Waals surface area (Å²) in [5, 5.41) is 0. The Bertz CT molecular complexity index is 1010. The summed E-state index contributed by atoms with van der Waals surface area (Å²) in [6.07, 6.45) is 8.43. The minimum atomic E-state index is 1.03. The topological polar surface area (TPSA) is 12.9 Å². The van der Waals surface area contributed by atoms with Gasteiger partial charge in [0.25, 0.3) is 0 Å². The molecule has 0 aliphatic heterocycles. The summed E-state index contributed by atoms with van der Waals surface area (Å²) < 4.78 is 0. The molecule has 28 heavy (non-hydrogen) atoms. The number of unbranched alkanes of at least 4 members (excludes halogenated alkanes) is 3. The van der Waals surface area contributed by atoms with Crippen molar-refractivity contribution in [2.45, 2.75) is 39.0 Å². The van der Waals surface area contributed by atoms with Crippen molar-refractivity contribution in [3.8, 4) is 31.5 Å². The molecule has 4 rings (SSSR count). The van der Waals surface area contributed by atoms with Gasteiger partial charge in [-0.3, -0.25) is 4.98 Å². The van der Waals surface area contributed by atoms with Crippen molar-refractivity contribution < 1.29 is 0 Å². The Balaban J connectivity index is 1.50. The number of aromatic nitrogens is 1. The average Bonchev–Trinajstić information content (AvgIpc) is 3.42. The van der Waals surface area contributed by atoms with Gasteiger partial charge >= 0.3 is 0 Å². The molecule has 4 aromatic rings. The van der Waals surface area contributed by atoms with Gasteiger partial charge in [0.2, 0.25) is 0 Å². The van der Waals surface area contributed by atoms with Crippen LogP contribution >= 0.6 is 22.7 Å². The summed E-state index contributed by atoms with van der Waals surface area (Å²) >= 11 is 3.82. The standard InChI is InChI=1S/C25H25NS2/c1-2-3-4-8-11-21-12-13-24(27-21)25-15-14-23(28-25)20-16-17-26-22(18-20)19-9-6-5-7-10-19/h5-7,9-10,12-18H,2-4,8,11H2,1H3. The highest BCUT2D eigenvalue weighted by Crippen LogP contribution is 2.38. The third-order valence-corrected chi connectivity index (χ3v) is 7.38. The number of pyridine rings is 1. The van der Waals surface area contributed by atoms with Gasteiger partial charge in [0, 0.05) is 31.3 Å². The fraction of sp³-hybridized carbons (Fsp3) is 0.240. The first-order valence-electron chi connectivity index (χ1n) is 10.0. The molecule has 1 aromatic carbocycles. The lowest BCUT2D eigenvalue weighted by Gasteiger charge is -2.03. The molecule has 0 radical (unpaired) electrons. The number of hydrogen-bond donors (Lipinski definition) is 0. The van der Waals surface area contributed by atoms with Crippen LogP contribution in [0.15, 0.2) is 72.9 Å². The van der Waals surface area contributed by atoms with Crippen molar-refractivity contribution in [2.75, 3.05) is 0 Å². The molecule has 1 nitrogen and oxygen atoms in total. The molecule has 3 heterocycles. The Kier molecular flexibility index (Phi) is 6.35. The third kappa shape index (κ3) is 4.60. The Hall–Kier alpha value is -2.23. The summed E-state index contributed by atoms with van der Waals surface area (Å²) in [6, 6.07) is 23.8. The van der Waals surface area contributed by atoms with E-state index in [0.717, 1.165) is 11.3 Å². The first-order valence-corrected chi connectivity index (χ1v) is 11.7. The second-order valence-corrected chi connectivity index (χ2v) is 9.29. The van der Waals surface area contributed by atoms with Gasteiger partial charge in [-0.1, -0.05) is 56.5 Å². The molecule has 0 aliphatic carbocycles. The molecular weight excluding hydrogens is 378 g/mol. The van der Waals surface area contributed by atoms with Crippen molar-refractivity contribution in [3.63, 3.8) is 0 Å². The van der Waals surface area contributed by atoms with E-state index >= 15 is 0 Å². The Morgan fingerprint density at radius 3 is 2.36 bits per heavy atom. The van der Waals surface area contributed by atoms with Crippen LogP contribution in [0.25, 0.3) is 31.5 Å². The van der Waals surface area contributed by atoms with Gasteiger partial charge in [0.15, 0.2) is 0 Å². The first kappa shape index (κ1) is 19.1. The van der Waals surface area contributed by atoms with E-state index in [1.165, 1.54) is 57.2 Å². The Morgan fingerprint density at radius 2 is 1.50 bits per heavy atom. The van der Waals surface area contributed by atoms with Crippen molar-refractivity contribution in [1.29, 1.82) is 0 Å². The van der Waals surface area contributed by atoms with Gasteiger partial charge in [-0.25, -0.2) is 0 Å². The molecule has 0 saturated heterocycles. The van der Waals surface area contributed by atoms with Crippen molar-refractivity contribution in [1.82, 2.24) is 4.98 Å². The lowest BCUT2D eigenvalue weighted by molar-refractivity contribution is 0.670. The average molecular weight is 404 g/mol. The van der Waals surface area contributed by atoms with Gasteiger partial charge in [0.1, 0.15) is 0 Å². The third-order valence-electron chi connectivity index (χ3n) is 4.90. The summed E-state index contributed by atoms with van der Waals surface area (Å²) in [7, 11) is 0. The van der Waals surface area contributed by atoms with Crippen molar-refractivity contribution >= 4 is 22.7 Å². The summed E-state index contributed by atoms with van der Waals surface area (Å²) in [4.78, 5) is 10.1. The van der Waals surface area contributed by atoms with E-state index in [1.807, 2.05) is 34.9 Å². The minimum absolute atomic E-state index is 1.03. The smallest absolute Gasteiger partial charge is 0.0708 e. The van der Waals surface area contributed by atoms with Gasteiger partial charge in [0.05, 0.1) is 5.69 Å². The molecular formula is C25H25NS2. The molecule has 0 aliphatic rings. The Morgan fingerprint density at radius 1 is 0.714 bits per heavy atom. The number of aryl methyl sites for hydroxylation is 1. The molecule has 0 unspecified atom stereocenters. The fourth-order valence-corrected chi connectivity index (χ4v) is 5.49. The fourth-order valence-electron chi connectivity index (χ4n) is 3.35. The maximum atomic E-state index is 4.55. The maximum Gasteiger partial charge on any atom is 0.0708 e. The van der Waals surface area contributed by atoms with Gasteiger partial charge in [-0.05, 0) is 54.8 Å². The second-order valence-electron chi connectivity index (χ2n) is 7.04. The number of nitrogens with zero attached hydrogens (tertiary/aromatic N) is 1. The largest absolute Gasteiger partial charge is 0.256 e. The summed E-state index contributed by atoms with van der Waals surface area (Å²) in [5.41, 5.74) is 3.42. The van der Waals surface area contributed by atoms with Crippen LogP contribution in [0, 0.1) is 0 Å². The quantitative estimate of drug-likeness (QED) is 0.269. The molecule has 3 aromatic heterocycles. The van der Waals surface area contributed by atoms with Crippen molar-refractivity contribution in [2.24, 2.45) is 0 Å². The summed E-state index contributed by atoms with van der Waals surface area (Å²) in [5.74, 6) is 0. The van der Waals surface area contributed by atoms with Crippen LogP contribution in [0.1, 0.15) is 37.5 Å². The predicted octanol–water partition coefficient (Wildman–Crippen LogP) is 8.33. The first-order chi connectivity index (χ1) is 13.8. The van der Waals surface area contributed by atoms with Crippen LogP contribution in [0.4, 0.5) is 0 Å². The molecule has 0 amide bonds. The maximum absolute atomic E-state index is 4.55. The zero-order chi connectivity index (χ0) is 19.2. The molecule has 0 fully saturated rings. The predicted molar refractivity (Wildman–Crippen MR) is 124 cm³/mol. The number of rotatable bonds is 8. The van der Waals surface area contributed by atoms with Crippen LogP contribution in [0.2, 0.25) is 0 Å². The normalized spacial score (nSPS) is 11.0. The number of hydrogen-bond acceptors (Lipinski definition) is 3. The van der Waals surface area contributed by atoms with Crippen molar-refractivity contribution in [3.05, 3.63) is 77.8 Å². The van der Waals surface area contributed by atoms with E-state index in [4.69, 9.17) is 0 Å². The SMILES string of the molecule is CCCCCCc1ccc(-c2ccc(-c3ccnc(-c4ccccc4)c3)s2)s1. The second kappa shape index (κ2) is 9.31. The lowest BCUT2D eigenvalue weighted by atomic mass is 10.1. The van der Waals surface area contributed by atoms with E-state index in [0.29, 0.717) is 0 Å². The van der Waals surface area contributed by atoms with E-state index in [2.05, 4.69) is 72.6 Å². The van der Waals surface area contributed by atoms with Crippen LogP contribution < -0.4 is 0 Å². The van der Waals surface area contributed by atoms with Crippen LogP contribution in [0.5, 0.6) is 0 Å². The molecule has 0 spiro atoms. The van der Waals surface area contributed by atoms with Gasteiger partial charge < -0.3 is 0 Å². The molecule has 142 valence electrons. The lowest BCUT2D eigenvalue weighted by Crippen LogP contribution is -1.83. The summed E-state index contributed by atoms with van der Waals surface area (Å²) in [6.45, 7) is 2.27. The number of thiophene rings is 2.